The Morgan fingerprint density at radius 2 is 1.81 bits per heavy atom. The highest BCUT2D eigenvalue weighted by molar-refractivity contribution is 7.99. The Labute approximate surface area is 155 Å². The Bertz CT molecular complexity index is 879. The second kappa shape index (κ2) is 8.05. The maximum absolute atomic E-state index is 11.0. The van der Waals surface area contributed by atoms with Crippen LogP contribution in [0.1, 0.15) is 29.9 Å². The minimum Gasteiger partial charge on any atom is -0.508 e. The molecule has 134 valence electrons. The van der Waals surface area contributed by atoms with Gasteiger partial charge in [-0.15, -0.1) is 10.2 Å². The maximum Gasteiger partial charge on any atom is 0.313 e. The number of aromatic hydroxyl groups is 1. The molecular weight excluding hydrogens is 350 g/mol. The molecule has 2 aromatic carbocycles. The van der Waals surface area contributed by atoms with Crippen LogP contribution in [0.15, 0.2) is 59.8 Å². The number of hydrogen-bond donors (Lipinski definition) is 2. The number of phenolic OH excluding ortho intramolecular Hbond substituents is 1. The smallest absolute Gasteiger partial charge is 0.313 e. The number of phenols is 1. The van der Waals surface area contributed by atoms with E-state index in [0.717, 1.165) is 28.7 Å². The van der Waals surface area contributed by atoms with Crippen LogP contribution < -0.4 is 0 Å². The lowest BCUT2D eigenvalue weighted by Gasteiger charge is -2.18. The topological polar surface area (TPSA) is 88.2 Å². The van der Waals surface area contributed by atoms with Crippen molar-refractivity contribution in [3.05, 3.63) is 71.5 Å². The molecule has 0 saturated carbocycles. The van der Waals surface area contributed by atoms with E-state index >= 15 is 0 Å². The number of carboxylic acid groups (broad SMARTS) is 1. The van der Waals surface area contributed by atoms with Gasteiger partial charge in [0.2, 0.25) is 0 Å². The lowest BCUT2D eigenvalue weighted by molar-refractivity contribution is -0.133. The molecule has 26 heavy (non-hydrogen) atoms. The van der Waals surface area contributed by atoms with Crippen LogP contribution in [-0.2, 0) is 11.2 Å². The van der Waals surface area contributed by atoms with E-state index < -0.39 is 5.97 Å². The van der Waals surface area contributed by atoms with Gasteiger partial charge in [0.25, 0.3) is 0 Å². The van der Waals surface area contributed by atoms with Crippen LogP contribution in [0, 0.1) is 0 Å². The molecule has 0 amide bonds. The van der Waals surface area contributed by atoms with Crippen molar-refractivity contribution in [1.29, 1.82) is 0 Å². The highest BCUT2D eigenvalue weighted by atomic mass is 32.2. The van der Waals surface area contributed by atoms with Crippen LogP contribution >= 0.6 is 11.8 Å². The van der Waals surface area contributed by atoms with E-state index in [9.17, 15) is 9.90 Å². The number of carbonyl (C=O) groups is 1. The van der Waals surface area contributed by atoms with Gasteiger partial charge in [-0.25, -0.2) is 0 Å². The van der Waals surface area contributed by atoms with Crippen LogP contribution in [0.25, 0.3) is 0 Å². The highest BCUT2D eigenvalue weighted by Gasteiger charge is 2.20. The van der Waals surface area contributed by atoms with Crippen molar-refractivity contribution in [1.82, 2.24) is 14.8 Å². The first-order valence-electron chi connectivity index (χ1n) is 8.16. The number of thioether (sulfide) groups is 1. The molecule has 3 aromatic rings. The molecule has 0 radical (unpaired) electrons. The van der Waals surface area contributed by atoms with Gasteiger partial charge in [0, 0.05) is 6.42 Å². The molecule has 0 saturated heterocycles. The van der Waals surface area contributed by atoms with E-state index in [0.29, 0.717) is 11.6 Å². The number of carboxylic acids is 1. The molecule has 0 fully saturated rings. The molecule has 0 spiro atoms. The molecule has 1 aromatic heterocycles. The van der Waals surface area contributed by atoms with E-state index in [2.05, 4.69) is 10.2 Å². The van der Waals surface area contributed by atoms with Crippen molar-refractivity contribution in [3.8, 4) is 5.75 Å². The Morgan fingerprint density at radius 1 is 1.12 bits per heavy atom. The zero-order chi connectivity index (χ0) is 18.5. The second-order valence-corrected chi connectivity index (χ2v) is 6.82. The fourth-order valence-corrected chi connectivity index (χ4v) is 3.47. The lowest BCUT2D eigenvalue weighted by Crippen LogP contribution is -2.13. The summed E-state index contributed by atoms with van der Waals surface area (Å²) in [6, 6.07) is 16.9. The third-order valence-electron chi connectivity index (χ3n) is 4.03. The molecule has 2 N–H and O–H groups in total. The normalized spacial score (nSPS) is 12.0. The standard InChI is InChI=1S/C19H19N3O3S/c1-13(15-5-3-2-4-6-15)22-17(11-14-7-9-16(23)10-8-14)20-21-19(22)26-12-18(24)25/h2-10,13,23H,11-12H2,1H3,(H,24,25)/t13-/m0/s1. The Balaban J connectivity index is 1.95. The minimum absolute atomic E-state index is 0.0328. The molecular formula is C19H19N3O3S. The average molecular weight is 369 g/mol. The molecule has 0 aliphatic rings. The predicted molar refractivity (Wildman–Crippen MR) is 99.5 cm³/mol. The first-order chi connectivity index (χ1) is 12.5. The summed E-state index contributed by atoms with van der Waals surface area (Å²) in [6.07, 6.45) is 0.540. The number of aromatic nitrogens is 3. The van der Waals surface area contributed by atoms with Gasteiger partial charge in [0.1, 0.15) is 11.6 Å². The third kappa shape index (κ3) is 4.23. The molecule has 0 aliphatic heterocycles. The van der Waals surface area contributed by atoms with Crippen LogP contribution in [0.2, 0.25) is 0 Å². The van der Waals surface area contributed by atoms with E-state index in [4.69, 9.17) is 5.11 Å². The molecule has 3 rings (SSSR count). The average Bonchev–Trinajstić information content (AvgIpc) is 3.04. The van der Waals surface area contributed by atoms with Gasteiger partial charge in [0.15, 0.2) is 5.16 Å². The van der Waals surface area contributed by atoms with Gasteiger partial charge >= 0.3 is 5.97 Å². The summed E-state index contributed by atoms with van der Waals surface area (Å²) in [5.74, 6) is 0.00118. The van der Waals surface area contributed by atoms with Gasteiger partial charge < -0.3 is 10.2 Å². The summed E-state index contributed by atoms with van der Waals surface area (Å²) in [4.78, 5) is 11.0. The molecule has 0 aliphatic carbocycles. The Hall–Kier alpha value is -2.80. The van der Waals surface area contributed by atoms with Gasteiger partial charge in [0.05, 0.1) is 11.8 Å². The van der Waals surface area contributed by atoms with E-state index in [1.807, 2.05) is 54.0 Å². The lowest BCUT2D eigenvalue weighted by atomic mass is 10.1. The largest absolute Gasteiger partial charge is 0.508 e. The SMILES string of the molecule is C[C@@H](c1ccccc1)n1c(Cc2ccc(O)cc2)nnc1SCC(=O)O. The molecule has 6 nitrogen and oxygen atoms in total. The summed E-state index contributed by atoms with van der Waals surface area (Å²) in [6.45, 7) is 2.05. The summed E-state index contributed by atoms with van der Waals surface area (Å²) in [5.41, 5.74) is 2.09. The van der Waals surface area contributed by atoms with Crippen LogP contribution in [0.5, 0.6) is 5.75 Å². The molecule has 1 atom stereocenters. The zero-order valence-electron chi connectivity index (χ0n) is 14.2. The van der Waals surface area contributed by atoms with Gasteiger partial charge in [-0.1, -0.05) is 54.2 Å². The van der Waals surface area contributed by atoms with Gasteiger partial charge in [-0.2, -0.15) is 0 Å². The third-order valence-corrected chi connectivity index (χ3v) is 4.96. The van der Waals surface area contributed by atoms with Crippen molar-refractivity contribution in [2.75, 3.05) is 5.75 Å². The Kier molecular flexibility index (Phi) is 5.58. The summed E-state index contributed by atoms with van der Waals surface area (Å²) in [5, 5.41) is 27.5. The van der Waals surface area contributed by atoms with Crippen molar-refractivity contribution < 1.29 is 15.0 Å². The number of benzene rings is 2. The second-order valence-electron chi connectivity index (χ2n) is 5.88. The predicted octanol–water partition coefficient (Wildman–Crippen LogP) is 3.36. The first-order valence-corrected chi connectivity index (χ1v) is 9.14. The monoisotopic (exact) mass is 369 g/mol. The molecule has 0 unspecified atom stereocenters. The first kappa shape index (κ1) is 18.0. The zero-order valence-corrected chi connectivity index (χ0v) is 15.1. The molecule has 0 bridgehead atoms. The van der Waals surface area contributed by atoms with Gasteiger partial charge in [-0.3, -0.25) is 9.36 Å². The fraction of sp³-hybridized carbons (Fsp3) is 0.211. The van der Waals surface area contributed by atoms with Crippen LogP contribution in [-0.4, -0.2) is 36.7 Å². The summed E-state index contributed by atoms with van der Waals surface area (Å²) in [7, 11) is 0. The summed E-state index contributed by atoms with van der Waals surface area (Å²) >= 11 is 1.16. The fourth-order valence-electron chi connectivity index (χ4n) is 2.72. The van der Waals surface area contributed by atoms with Crippen molar-refractivity contribution in [2.24, 2.45) is 0 Å². The number of nitrogens with zero attached hydrogens (tertiary/aromatic N) is 3. The van der Waals surface area contributed by atoms with Gasteiger partial charge in [-0.05, 0) is 30.2 Å². The number of aliphatic carboxylic acids is 1. The van der Waals surface area contributed by atoms with Crippen LogP contribution in [0.3, 0.4) is 0 Å². The number of rotatable bonds is 7. The minimum atomic E-state index is -0.892. The Morgan fingerprint density at radius 3 is 2.46 bits per heavy atom. The van der Waals surface area contributed by atoms with E-state index in [1.54, 1.807) is 12.1 Å². The van der Waals surface area contributed by atoms with Crippen molar-refractivity contribution in [3.63, 3.8) is 0 Å². The molecule has 7 heteroatoms. The quantitative estimate of drug-likeness (QED) is 0.621. The van der Waals surface area contributed by atoms with Crippen LogP contribution in [0.4, 0.5) is 0 Å². The number of hydrogen-bond acceptors (Lipinski definition) is 5. The summed E-state index contributed by atoms with van der Waals surface area (Å²) < 4.78 is 1.98. The maximum atomic E-state index is 11.0. The van der Waals surface area contributed by atoms with Crippen molar-refractivity contribution >= 4 is 17.7 Å². The highest BCUT2D eigenvalue weighted by Crippen LogP contribution is 2.27. The van der Waals surface area contributed by atoms with E-state index in [-0.39, 0.29) is 17.5 Å². The molecule has 1 heterocycles. The van der Waals surface area contributed by atoms with Crippen molar-refractivity contribution in [2.45, 2.75) is 24.5 Å². The van der Waals surface area contributed by atoms with E-state index in [1.165, 1.54) is 0 Å².